The second-order valence-electron chi connectivity index (χ2n) is 6.62. The van der Waals surface area contributed by atoms with E-state index in [0.717, 1.165) is 18.5 Å². The van der Waals surface area contributed by atoms with Crippen molar-refractivity contribution in [2.24, 2.45) is 7.05 Å². The smallest absolute Gasteiger partial charge is 0.337 e. The largest absolute Gasteiger partial charge is 0.350 e. The van der Waals surface area contributed by atoms with Crippen molar-refractivity contribution in [2.45, 2.75) is 18.8 Å². The molecule has 0 saturated carbocycles. The molecule has 2 aromatic heterocycles. The minimum absolute atomic E-state index is 0.0151. The van der Waals surface area contributed by atoms with Crippen LogP contribution in [0.5, 0.6) is 0 Å². The van der Waals surface area contributed by atoms with Gasteiger partial charge in [-0.3, -0.25) is 4.79 Å². The third kappa shape index (κ3) is 3.25. The maximum Gasteiger partial charge on any atom is 0.350 e. The molecule has 1 aromatic carbocycles. The topological polar surface area (TPSA) is 85.9 Å². The molecule has 8 heteroatoms. The van der Waals surface area contributed by atoms with E-state index in [1.807, 2.05) is 30.3 Å². The molecule has 3 aromatic rings. The first-order valence-corrected chi connectivity index (χ1v) is 8.92. The number of rotatable bonds is 3. The molecule has 8 nitrogen and oxygen atoms in total. The molecule has 0 bridgehead atoms. The van der Waals surface area contributed by atoms with Gasteiger partial charge in [0.1, 0.15) is 17.8 Å². The minimum atomic E-state index is -0.185. The maximum atomic E-state index is 12.7. The van der Waals surface area contributed by atoms with E-state index in [0.29, 0.717) is 24.6 Å². The van der Waals surface area contributed by atoms with Gasteiger partial charge in [-0.15, -0.1) is 0 Å². The number of aromatic nitrogens is 5. The third-order valence-electron chi connectivity index (χ3n) is 4.84. The van der Waals surface area contributed by atoms with Gasteiger partial charge in [0, 0.05) is 32.3 Å². The number of hydrogen-bond acceptors (Lipinski definition) is 5. The zero-order valence-electron chi connectivity index (χ0n) is 15.0. The van der Waals surface area contributed by atoms with Crippen LogP contribution in [0.15, 0.2) is 53.7 Å². The third-order valence-corrected chi connectivity index (χ3v) is 4.84. The van der Waals surface area contributed by atoms with Crippen molar-refractivity contribution in [2.75, 3.05) is 13.1 Å². The van der Waals surface area contributed by atoms with Gasteiger partial charge in [0.15, 0.2) is 0 Å². The van der Waals surface area contributed by atoms with Crippen LogP contribution in [0.3, 0.4) is 0 Å². The average Bonchev–Trinajstić information content (AvgIpc) is 3.03. The molecule has 1 atom stereocenters. The first-order valence-electron chi connectivity index (χ1n) is 8.92. The normalized spacial score (nSPS) is 17.1. The maximum absolute atomic E-state index is 12.7. The van der Waals surface area contributed by atoms with Crippen LogP contribution in [-0.2, 0) is 7.05 Å². The quantitative estimate of drug-likeness (QED) is 0.701. The average molecular weight is 364 g/mol. The summed E-state index contributed by atoms with van der Waals surface area (Å²) in [6.45, 7) is 1.17. The molecule has 27 heavy (non-hydrogen) atoms. The Morgan fingerprint density at radius 1 is 1.19 bits per heavy atom. The van der Waals surface area contributed by atoms with Crippen LogP contribution >= 0.6 is 0 Å². The van der Waals surface area contributed by atoms with E-state index in [2.05, 4.69) is 15.1 Å². The molecule has 0 radical (unpaired) electrons. The van der Waals surface area contributed by atoms with E-state index >= 15 is 0 Å². The summed E-state index contributed by atoms with van der Waals surface area (Å²) in [4.78, 5) is 35.1. The van der Waals surface area contributed by atoms with E-state index in [9.17, 15) is 9.59 Å². The zero-order valence-corrected chi connectivity index (χ0v) is 15.0. The summed E-state index contributed by atoms with van der Waals surface area (Å²) in [5.74, 6) is 0.555. The predicted octanol–water partition coefficient (Wildman–Crippen LogP) is 1.38. The Hall–Kier alpha value is -3.29. The highest BCUT2D eigenvalue weighted by Gasteiger charge is 2.30. The molecule has 1 saturated heterocycles. The van der Waals surface area contributed by atoms with E-state index in [4.69, 9.17) is 0 Å². The van der Waals surface area contributed by atoms with Crippen molar-refractivity contribution < 1.29 is 4.79 Å². The number of aryl methyl sites for hydroxylation is 1. The molecule has 1 amide bonds. The summed E-state index contributed by atoms with van der Waals surface area (Å²) in [5, 5.41) is 4.48. The molecule has 1 fully saturated rings. The zero-order chi connectivity index (χ0) is 18.8. The summed E-state index contributed by atoms with van der Waals surface area (Å²) in [6.07, 6.45) is 4.66. The number of amides is 1. The number of nitrogens with zero attached hydrogens (tertiary/aromatic N) is 6. The Bertz CT molecular complexity index is 996. The van der Waals surface area contributed by atoms with Gasteiger partial charge in [0.2, 0.25) is 0 Å². The number of benzene rings is 1. The van der Waals surface area contributed by atoms with Crippen molar-refractivity contribution >= 4 is 5.91 Å². The SMILES string of the molecule is Cn1nc(C2CCCN(C(=O)c3ccncn3)C2)n(-c2ccccc2)c1=O. The van der Waals surface area contributed by atoms with Crippen LogP contribution in [0.4, 0.5) is 0 Å². The first kappa shape index (κ1) is 17.1. The van der Waals surface area contributed by atoms with Crippen molar-refractivity contribution in [1.82, 2.24) is 29.2 Å². The lowest BCUT2D eigenvalue weighted by Gasteiger charge is -2.32. The molecule has 0 aliphatic carbocycles. The van der Waals surface area contributed by atoms with Gasteiger partial charge in [-0.25, -0.2) is 24.0 Å². The van der Waals surface area contributed by atoms with Crippen LogP contribution in [0.25, 0.3) is 5.69 Å². The predicted molar refractivity (Wildman–Crippen MR) is 98.7 cm³/mol. The number of hydrogen-bond donors (Lipinski definition) is 0. The minimum Gasteiger partial charge on any atom is -0.337 e. The molecular formula is C19H20N6O2. The second-order valence-corrected chi connectivity index (χ2v) is 6.62. The fourth-order valence-electron chi connectivity index (χ4n) is 3.52. The highest BCUT2D eigenvalue weighted by molar-refractivity contribution is 5.92. The Labute approximate surface area is 156 Å². The van der Waals surface area contributed by atoms with Gasteiger partial charge < -0.3 is 4.90 Å². The Morgan fingerprint density at radius 2 is 2.00 bits per heavy atom. The molecular weight excluding hydrogens is 344 g/mol. The molecule has 138 valence electrons. The Morgan fingerprint density at radius 3 is 2.74 bits per heavy atom. The highest BCUT2D eigenvalue weighted by Crippen LogP contribution is 2.27. The highest BCUT2D eigenvalue weighted by atomic mass is 16.2. The molecule has 1 unspecified atom stereocenters. The van der Waals surface area contributed by atoms with Crippen LogP contribution in [0, 0.1) is 0 Å². The molecule has 1 aliphatic heterocycles. The lowest BCUT2D eigenvalue weighted by molar-refractivity contribution is 0.0697. The van der Waals surface area contributed by atoms with Crippen LogP contribution in [-0.4, -0.2) is 48.2 Å². The van der Waals surface area contributed by atoms with Crippen LogP contribution in [0.2, 0.25) is 0 Å². The van der Waals surface area contributed by atoms with Crippen molar-refractivity contribution in [3.63, 3.8) is 0 Å². The summed E-state index contributed by atoms with van der Waals surface area (Å²) in [6, 6.07) is 11.1. The lowest BCUT2D eigenvalue weighted by atomic mass is 9.96. The van der Waals surface area contributed by atoms with Gasteiger partial charge in [0.05, 0.1) is 5.69 Å². The number of para-hydroxylation sites is 1. The van der Waals surface area contributed by atoms with Gasteiger partial charge >= 0.3 is 5.69 Å². The fourth-order valence-corrected chi connectivity index (χ4v) is 3.52. The molecule has 4 rings (SSSR count). The first-order chi connectivity index (χ1) is 13.1. The molecule has 1 aliphatic rings. The monoisotopic (exact) mass is 364 g/mol. The summed E-state index contributed by atoms with van der Waals surface area (Å²) >= 11 is 0. The molecule has 0 spiro atoms. The Kier molecular flexibility index (Phi) is 4.53. The van der Waals surface area contributed by atoms with E-state index < -0.39 is 0 Å². The van der Waals surface area contributed by atoms with Gasteiger partial charge in [-0.05, 0) is 31.0 Å². The lowest BCUT2D eigenvalue weighted by Crippen LogP contribution is -2.40. The second kappa shape index (κ2) is 7.14. The van der Waals surface area contributed by atoms with Crippen molar-refractivity contribution in [3.8, 4) is 5.69 Å². The Balaban J connectivity index is 1.66. The van der Waals surface area contributed by atoms with Gasteiger partial charge in [-0.1, -0.05) is 18.2 Å². The van der Waals surface area contributed by atoms with Crippen LogP contribution in [0.1, 0.15) is 35.1 Å². The molecule has 0 N–H and O–H groups in total. The summed E-state index contributed by atoms with van der Waals surface area (Å²) in [5.41, 5.74) is 0.979. The van der Waals surface area contributed by atoms with Gasteiger partial charge in [0.25, 0.3) is 5.91 Å². The fraction of sp³-hybridized carbons (Fsp3) is 0.316. The van der Waals surface area contributed by atoms with E-state index in [1.165, 1.54) is 11.0 Å². The summed E-state index contributed by atoms with van der Waals surface area (Å²) < 4.78 is 3.00. The van der Waals surface area contributed by atoms with E-state index in [1.54, 1.807) is 28.8 Å². The number of piperidine rings is 1. The van der Waals surface area contributed by atoms with Crippen LogP contribution < -0.4 is 5.69 Å². The van der Waals surface area contributed by atoms with Crippen molar-refractivity contribution in [3.05, 3.63) is 70.9 Å². The summed E-state index contributed by atoms with van der Waals surface area (Å²) in [7, 11) is 1.65. The number of carbonyl (C=O) groups is 1. The van der Waals surface area contributed by atoms with E-state index in [-0.39, 0.29) is 17.5 Å². The van der Waals surface area contributed by atoms with Crippen molar-refractivity contribution in [1.29, 1.82) is 0 Å². The molecule has 3 heterocycles. The van der Waals surface area contributed by atoms with Gasteiger partial charge in [-0.2, -0.15) is 5.10 Å². The standard InChI is InChI=1S/C19H20N6O2/c1-23-19(27)25(15-7-3-2-4-8-15)17(22-23)14-6-5-11-24(12-14)18(26)16-9-10-20-13-21-16/h2-4,7-10,13-14H,5-6,11-12H2,1H3. The number of carbonyl (C=O) groups excluding carboxylic acids is 1. The number of likely N-dealkylation sites (tertiary alicyclic amines) is 1.